The van der Waals surface area contributed by atoms with Crippen molar-refractivity contribution in [2.24, 2.45) is 5.92 Å². The van der Waals surface area contributed by atoms with Crippen LogP contribution in [-0.4, -0.2) is 31.1 Å². The van der Waals surface area contributed by atoms with Crippen LogP contribution in [0, 0.1) is 5.92 Å². The molecule has 0 spiro atoms. The maximum atomic E-state index is 10.9. The smallest absolute Gasteiger partial charge is 0.150 e. The molecule has 0 amide bonds. The third kappa shape index (κ3) is 1.70. The first-order valence-electron chi connectivity index (χ1n) is 3.40. The number of aliphatic hydroxyl groups excluding tert-OH is 1. The summed E-state index contributed by atoms with van der Waals surface area (Å²) >= 11 is 0. The summed E-state index contributed by atoms with van der Waals surface area (Å²) in [5.41, 5.74) is 0. The lowest BCUT2D eigenvalue weighted by Crippen LogP contribution is -2.34. The fraction of sp³-hybridized carbons (Fsp3) is 1.00. The van der Waals surface area contributed by atoms with Crippen molar-refractivity contribution in [3.63, 3.8) is 0 Å². The Labute approximate surface area is 61.0 Å². The monoisotopic (exact) mass is 164 g/mol. The van der Waals surface area contributed by atoms with Crippen LogP contribution in [0.5, 0.6) is 0 Å². The van der Waals surface area contributed by atoms with E-state index in [4.69, 9.17) is 5.11 Å². The number of sulfone groups is 1. The van der Waals surface area contributed by atoms with Gasteiger partial charge in [0.25, 0.3) is 0 Å². The average Bonchev–Trinajstić information content (AvgIpc) is 1.79. The van der Waals surface area contributed by atoms with Crippen molar-refractivity contribution in [3.05, 3.63) is 0 Å². The van der Waals surface area contributed by atoms with Gasteiger partial charge in [-0.2, -0.15) is 0 Å². The van der Waals surface area contributed by atoms with Crippen LogP contribution in [0.25, 0.3) is 0 Å². The van der Waals surface area contributed by atoms with Crippen LogP contribution in [0.2, 0.25) is 0 Å². The molecule has 1 aliphatic heterocycles. The molecule has 1 N–H and O–H groups in total. The van der Waals surface area contributed by atoms with Gasteiger partial charge in [0.1, 0.15) is 0 Å². The van der Waals surface area contributed by atoms with Gasteiger partial charge >= 0.3 is 0 Å². The number of hydrogen-bond acceptors (Lipinski definition) is 3. The van der Waals surface area contributed by atoms with Crippen molar-refractivity contribution in [2.45, 2.75) is 19.4 Å². The summed E-state index contributed by atoms with van der Waals surface area (Å²) in [4.78, 5) is 0. The highest BCUT2D eigenvalue weighted by Gasteiger charge is 2.28. The average molecular weight is 164 g/mol. The van der Waals surface area contributed by atoms with E-state index >= 15 is 0 Å². The van der Waals surface area contributed by atoms with E-state index in [1.165, 1.54) is 0 Å². The fourth-order valence-electron chi connectivity index (χ4n) is 1.18. The number of hydrogen-bond donors (Lipinski definition) is 1. The van der Waals surface area contributed by atoms with E-state index in [1.54, 1.807) is 6.92 Å². The fourth-order valence-corrected chi connectivity index (χ4v) is 2.97. The Morgan fingerprint density at radius 3 is 2.50 bits per heavy atom. The lowest BCUT2D eigenvalue weighted by molar-refractivity contribution is 0.118. The first-order chi connectivity index (χ1) is 4.51. The molecule has 0 aromatic rings. The first kappa shape index (κ1) is 8.01. The molecule has 3 nitrogen and oxygen atoms in total. The molecule has 10 heavy (non-hydrogen) atoms. The molecule has 60 valence electrons. The van der Waals surface area contributed by atoms with Crippen molar-refractivity contribution >= 4 is 9.84 Å². The van der Waals surface area contributed by atoms with E-state index in [9.17, 15) is 8.42 Å². The summed E-state index contributed by atoms with van der Waals surface area (Å²) in [6.45, 7) is 1.77. The number of rotatable bonds is 0. The van der Waals surface area contributed by atoms with E-state index in [-0.39, 0.29) is 17.4 Å². The largest absolute Gasteiger partial charge is 0.393 e. The molecule has 0 bridgehead atoms. The second kappa shape index (κ2) is 2.51. The van der Waals surface area contributed by atoms with Gasteiger partial charge < -0.3 is 5.11 Å². The third-order valence-electron chi connectivity index (χ3n) is 1.90. The topological polar surface area (TPSA) is 54.4 Å². The molecule has 0 aromatic heterocycles. The van der Waals surface area contributed by atoms with Crippen molar-refractivity contribution < 1.29 is 13.5 Å². The second-order valence-electron chi connectivity index (χ2n) is 2.95. The molecule has 1 fully saturated rings. The zero-order chi connectivity index (χ0) is 7.78. The van der Waals surface area contributed by atoms with Gasteiger partial charge in [0.05, 0.1) is 17.6 Å². The van der Waals surface area contributed by atoms with Gasteiger partial charge in [-0.25, -0.2) is 8.42 Å². The van der Waals surface area contributed by atoms with Gasteiger partial charge in [-0.3, -0.25) is 0 Å². The summed E-state index contributed by atoms with van der Waals surface area (Å²) < 4.78 is 21.8. The molecular formula is C6H12O3S. The van der Waals surface area contributed by atoms with Crippen molar-refractivity contribution in [1.29, 1.82) is 0 Å². The zero-order valence-corrected chi connectivity index (χ0v) is 6.76. The van der Waals surface area contributed by atoms with E-state index in [0.717, 1.165) is 0 Å². The lowest BCUT2D eigenvalue weighted by atomic mass is 10.1. The van der Waals surface area contributed by atoms with Crippen LogP contribution in [0.4, 0.5) is 0 Å². The highest BCUT2D eigenvalue weighted by atomic mass is 32.2. The Balaban J connectivity index is 2.66. The summed E-state index contributed by atoms with van der Waals surface area (Å²) in [5.74, 6) is 0.214. The SMILES string of the molecule is CC1CS(=O)(=O)CC[C@H]1O. The van der Waals surface area contributed by atoms with Crippen molar-refractivity contribution in [3.8, 4) is 0 Å². The van der Waals surface area contributed by atoms with E-state index in [2.05, 4.69) is 0 Å². The normalized spacial score (nSPS) is 39.4. The summed E-state index contributed by atoms with van der Waals surface area (Å²) in [5, 5.41) is 9.15. The Kier molecular flexibility index (Phi) is 2.01. The van der Waals surface area contributed by atoms with E-state index < -0.39 is 15.9 Å². The highest BCUT2D eigenvalue weighted by molar-refractivity contribution is 7.91. The van der Waals surface area contributed by atoms with Gasteiger partial charge in [-0.1, -0.05) is 6.92 Å². The van der Waals surface area contributed by atoms with Gasteiger partial charge in [0.15, 0.2) is 9.84 Å². The minimum absolute atomic E-state index is 0.0845. The molecule has 4 heteroatoms. The summed E-state index contributed by atoms with van der Waals surface area (Å²) in [6.07, 6.45) is -0.00715. The minimum atomic E-state index is -2.82. The van der Waals surface area contributed by atoms with Crippen LogP contribution in [0.1, 0.15) is 13.3 Å². The second-order valence-corrected chi connectivity index (χ2v) is 5.18. The predicted molar refractivity (Wildman–Crippen MR) is 38.4 cm³/mol. The Morgan fingerprint density at radius 2 is 2.10 bits per heavy atom. The Bertz CT molecular complexity index is 207. The standard InChI is InChI=1S/C6H12O3S/c1-5-4-10(8,9)3-2-6(5)7/h5-7H,2-4H2,1H3/t5?,6-/m1/s1. The Hall–Kier alpha value is -0.0900. The molecule has 1 heterocycles. The molecule has 0 aliphatic carbocycles. The molecule has 0 saturated carbocycles. The molecule has 0 radical (unpaired) electrons. The summed E-state index contributed by atoms with van der Waals surface area (Å²) in [6, 6.07) is 0. The van der Waals surface area contributed by atoms with Crippen LogP contribution >= 0.6 is 0 Å². The van der Waals surface area contributed by atoms with Gasteiger partial charge in [0, 0.05) is 0 Å². The van der Waals surface area contributed by atoms with E-state index in [1.807, 2.05) is 0 Å². The highest BCUT2D eigenvalue weighted by Crippen LogP contribution is 2.17. The first-order valence-corrected chi connectivity index (χ1v) is 5.22. The third-order valence-corrected chi connectivity index (χ3v) is 3.79. The zero-order valence-electron chi connectivity index (χ0n) is 5.95. The maximum absolute atomic E-state index is 10.9. The number of aliphatic hydroxyl groups is 1. The molecule has 1 rings (SSSR count). The molecule has 0 aromatic carbocycles. The molecule has 1 aliphatic rings. The van der Waals surface area contributed by atoms with Crippen LogP contribution in [0.3, 0.4) is 0 Å². The maximum Gasteiger partial charge on any atom is 0.150 e. The molecule has 2 atom stereocenters. The molecular weight excluding hydrogens is 152 g/mol. The minimum Gasteiger partial charge on any atom is -0.393 e. The summed E-state index contributed by atoms with van der Waals surface area (Å²) in [7, 11) is -2.82. The van der Waals surface area contributed by atoms with Crippen LogP contribution in [0.15, 0.2) is 0 Å². The van der Waals surface area contributed by atoms with Gasteiger partial charge in [-0.05, 0) is 12.3 Å². The Morgan fingerprint density at radius 1 is 1.50 bits per heavy atom. The lowest BCUT2D eigenvalue weighted by Gasteiger charge is -2.23. The van der Waals surface area contributed by atoms with Crippen molar-refractivity contribution in [1.82, 2.24) is 0 Å². The van der Waals surface area contributed by atoms with Gasteiger partial charge in [-0.15, -0.1) is 0 Å². The molecule has 1 saturated heterocycles. The van der Waals surface area contributed by atoms with Crippen LogP contribution in [-0.2, 0) is 9.84 Å². The van der Waals surface area contributed by atoms with E-state index in [0.29, 0.717) is 6.42 Å². The van der Waals surface area contributed by atoms with Crippen LogP contribution < -0.4 is 0 Å². The van der Waals surface area contributed by atoms with Gasteiger partial charge in [0.2, 0.25) is 0 Å². The molecule has 1 unspecified atom stereocenters. The van der Waals surface area contributed by atoms with Crippen molar-refractivity contribution in [2.75, 3.05) is 11.5 Å². The predicted octanol–water partition coefficient (Wildman–Crippen LogP) is -0.198. The quantitative estimate of drug-likeness (QED) is 0.539.